The average molecular weight is 473 g/mol. The fraction of sp³-hybridized carbons (Fsp3) is 0.333. The fourth-order valence-corrected chi connectivity index (χ4v) is 3.58. The Balaban J connectivity index is 0.000000273. The van der Waals surface area contributed by atoms with Gasteiger partial charge in [0.25, 0.3) is 0 Å². The van der Waals surface area contributed by atoms with Crippen LogP contribution in [-0.4, -0.2) is 56.5 Å². The number of hydrogen-bond donors (Lipinski definition) is 3. The Morgan fingerprint density at radius 1 is 1.12 bits per heavy atom. The maximum atomic E-state index is 10.9. The van der Waals surface area contributed by atoms with Crippen LogP contribution >= 0.6 is 12.2 Å². The van der Waals surface area contributed by atoms with Crippen LogP contribution in [0.1, 0.15) is 37.5 Å². The van der Waals surface area contributed by atoms with Gasteiger partial charge in [-0.3, -0.25) is 9.59 Å². The number of ether oxygens (including phenoxy) is 1. The fourth-order valence-electron chi connectivity index (χ4n) is 3.28. The van der Waals surface area contributed by atoms with E-state index in [9.17, 15) is 14.4 Å². The molecule has 1 aliphatic heterocycles. The maximum absolute atomic E-state index is 10.9. The molecule has 1 amide bonds. The molecule has 0 radical (unpaired) electrons. The molecule has 8 nitrogen and oxygen atoms in total. The number of carbonyl (C=O) groups is 3. The van der Waals surface area contributed by atoms with Crippen LogP contribution in [0.5, 0.6) is 5.75 Å². The van der Waals surface area contributed by atoms with Crippen molar-refractivity contribution in [1.82, 2.24) is 4.90 Å². The van der Waals surface area contributed by atoms with Crippen molar-refractivity contribution >= 4 is 34.9 Å². The molecule has 0 bridgehead atoms. The van der Waals surface area contributed by atoms with Crippen LogP contribution in [0.25, 0.3) is 0 Å². The van der Waals surface area contributed by atoms with E-state index in [4.69, 9.17) is 32.9 Å². The number of likely N-dealkylation sites (tertiary alicyclic amines) is 1. The molecule has 0 aromatic heterocycles. The first-order valence-electron chi connectivity index (χ1n) is 10.4. The summed E-state index contributed by atoms with van der Waals surface area (Å²) in [6.07, 6.45) is 0.576. The highest BCUT2D eigenvalue weighted by Crippen LogP contribution is 2.22. The zero-order valence-electron chi connectivity index (χ0n) is 18.5. The van der Waals surface area contributed by atoms with Crippen LogP contribution in [0.4, 0.5) is 0 Å². The van der Waals surface area contributed by atoms with Gasteiger partial charge in [-0.05, 0) is 36.6 Å². The van der Waals surface area contributed by atoms with E-state index in [0.29, 0.717) is 24.3 Å². The van der Waals surface area contributed by atoms with Crippen LogP contribution < -0.4 is 10.5 Å². The zero-order valence-corrected chi connectivity index (χ0v) is 19.3. The number of carboxylic acid groups (broad SMARTS) is 2. The van der Waals surface area contributed by atoms with E-state index in [1.54, 1.807) is 0 Å². The highest BCUT2D eigenvalue weighted by Gasteiger charge is 2.34. The van der Waals surface area contributed by atoms with Crippen molar-refractivity contribution in [3.05, 3.63) is 65.7 Å². The predicted octanol–water partition coefficient (Wildman–Crippen LogP) is 2.84. The van der Waals surface area contributed by atoms with Gasteiger partial charge in [0.15, 0.2) is 0 Å². The number of hydrogen-bond acceptors (Lipinski definition) is 6. The summed E-state index contributed by atoms with van der Waals surface area (Å²) in [7, 11) is 0. The van der Waals surface area contributed by atoms with Crippen molar-refractivity contribution in [2.45, 2.75) is 44.9 Å². The minimum Gasteiger partial charge on any atom is -0.486 e. The Bertz CT molecular complexity index is 956. The second-order valence-electron chi connectivity index (χ2n) is 7.71. The van der Waals surface area contributed by atoms with Crippen LogP contribution in [0.3, 0.4) is 0 Å². The molecule has 0 aliphatic carbocycles. The Kier molecular flexibility index (Phi) is 9.50. The normalized spacial score (nSPS) is 16.9. The zero-order chi connectivity index (χ0) is 24.5. The van der Waals surface area contributed by atoms with Gasteiger partial charge in [-0.15, -0.1) is 0 Å². The Hall–Kier alpha value is -3.30. The van der Waals surface area contributed by atoms with Crippen molar-refractivity contribution < 1.29 is 29.3 Å². The van der Waals surface area contributed by atoms with Gasteiger partial charge >= 0.3 is 11.9 Å². The third-order valence-electron chi connectivity index (χ3n) is 5.11. The predicted molar refractivity (Wildman–Crippen MR) is 127 cm³/mol. The molecule has 1 saturated heterocycles. The summed E-state index contributed by atoms with van der Waals surface area (Å²) in [5.74, 6) is -1.46. The van der Waals surface area contributed by atoms with Crippen molar-refractivity contribution in [2.75, 3.05) is 6.54 Å². The van der Waals surface area contributed by atoms with Crippen molar-refractivity contribution in [1.29, 1.82) is 0 Å². The Labute approximate surface area is 198 Å². The molecule has 0 spiro atoms. The molecule has 3 atom stereocenters. The molecule has 1 fully saturated rings. The van der Waals surface area contributed by atoms with Gasteiger partial charge in [-0.25, -0.2) is 4.79 Å². The molecule has 4 N–H and O–H groups in total. The number of nitrogens with zero attached hydrogens (tertiary/aromatic N) is 1. The van der Waals surface area contributed by atoms with Gasteiger partial charge in [-0.1, -0.05) is 54.7 Å². The number of amides is 1. The van der Waals surface area contributed by atoms with Gasteiger partial charge in [-0.2, -0.15) is 0 Å². The minimum absolute atomic E-state index is 0.0432. The van der Waals surface area contributed by atoms with Gasteiger partial charge in [0.2, 0.25) is 5.91 Å². The largest absolute Gasteiger partial charge is 0.486 e. The highest BCUT2D eigenvalue weighted by molar-refractivity contribution is 7.80. The lowest BCUT2D eigenvalue weighted by molar-refractivity contribution is -0.147. The summed E-state index contributed by atoms with van der Waals surface area (Å²) in [4.78, 5) is 34.2. The Morgan fingerprint density at radius 3 is 2.21 bits per heavy atom. The standard InChI is InChI=1S/C17H19NO3.C7H9NO3S/c1-12(14-5-3-2-4-6-14)21-15-9-7-13(8-10-15)11-16(18)17(19)20;1-4(9)8-3-5(12)2-6(8)7(10)11/h2-10,12,16H,11,18H2,1H3,(H,19,20);6H,2-3H2,1H3,(H,10,11)/t12?,16-;6-/m00/s1. The lowest BCUT2D eigenvalue weighted by Gasteiger charge is -2.18. The van der Waals surface area contributed by atoms with Crippen LogP contribution in [0.15, 0.2) is 54.6 Å². The lowest BCUT2D eigenvalue weighted by Crippen LogP contribution is -2.39. The molecule has 1 aliphatic rings. The minimum atomic E-state index is -0.993. The van der Waals surface area contributed by atoms with E-state index in [-0.39, 0.29) is 12.0 Å². The molecule has 1 unspecified atom stereocenters. The quantitative estimate of drug-likeness (QED) is 0.525. The first-order chi connectivity index (χ1) is 15.6. The highest BCUT2D eigenvalue weighted by atomic mass is 32.1. The number of benzene rings is 2. The molecule has 9 heteroatoms. The van der Waals surface area contributed by atoms with Gasteiger partial charge < -0.3 is 25.6 Å². The average Bonchev–Trinajstić information content (AvgIpc) is 3.18. The third-order valence-corrected chi connectivity index (χ3v) is 5.41. The van der Waals surface area contributed by atoms with Crippen LogP contribution in [-0.2, 0) is 20.8 Å². The topological polar surface area (TPSA) is 130 Å². The molecular weight excluding hydrogens is 444 g/mol. The second-order valence-corrected chi connectivity index (χ2v) is 8.28. The summed E-state index contributed by atoms with van der Waals surface area (Å²) in [6, 6.07) is 15.7. The molecule has 1 heterocycles. The first-order valence-corrected chi connectivity index (χ1v) is 10.8. The number of thiocarbonyl (C=S) groups is 1. The van der Waals surface area contributed by atoms with Gasteiger partial charge in [0.05, 0.1) is 6.54 Å². The lowest BCUT2D eigenvalue weighted by atomic mass is 10.1. The molecule has 176 valence electrons. The molecular formula is C24H28N2O6S. The summed E-state index contributed by atoms with van der Waals surface area (Å²) in [5.41, 5.74) is 7.50. The van der Waals surface area contributed by atoms with E-state index >= 15 is 0 Å². The maximum Gasteiger partial charge on any atom is 0.326 e. The van der Waals surface area contributed by atoms with E-state index in [1.807, 2.05) is 61.5 Å². The molecule has 33 heavy (non-hydrogen) atoms. The van der Waals surface area contributed by atoms with Crippen LogP contribution in [0, 0.1) is 0 Å². The second kappa shape index (κ2) is 12.1. The van der Waals surface area contributed by atoms with Crippen molar-refractivity contribution in [2.24, 2.45) is 5.73 Å². The monoisotopic (exact) mass is 472 g/mol. The number of rotatable bonds is 7. The van der Waals surface area contributed by atoms with Crippen LogP contribution in [0.2, 0.25) is 0 Å². The third kappa shape index (κ3) is 7.96. The summed E-state index contributed by atoms with van der Waals surface area (Å²) in [5, 5.41) is 17.5. The molecule has 2 aromatic carbocycles. The van der Waals surface area contributed by atoms with E-state index in [2.05, 4.69) is 0 Å². The summed E-state index contributed by atoms with van der Waals surface area (Å²) in [6.45, 7) is 3.65. The number of aliphatic carboxylic acids is 2. The smallest absolute Gasteiger partial charge is 0.326 e. The molecule has 3 rings (SSSR count). The van der Waals surface area contributed by atoms with Crippen molar-refractivity contribution in [3.8, 4) is 5.75 Å². The first kappa shape index (κ1) is 26.0. The summed E-state index contributed by atoms with van der Waals surface area (Å²) >= 11 is 4.85. The summed E-state index contributed by atoms with van der Waals surface area (Å²) < 4.78 is 5.86. The Morgan fingerprint density at radius 2 is 1.73 bits per heavy atom. The molecule has 2 aromatic rings. The van der Waals surface area contributed by atoms with Gasteiger partial charge in [0.1, 0.15) is 23.9 Å². The number of nitrogens with two attached hydrogens (primary N) is 1. The van der Waals surface area contributed by atoms with E-state index in [1.165, 1.54) is 11.8 Å². The van der Waals surface area contributed by atoms with E-state index < -0.39 is 24.0 Å². The number of carboxylic acids is 2. The molecule has 0 saturated carbocycles. The SMILES string of the molecule is CC(=O)N1CC(=S)C[C@H]1C(=O)O.CC(Oc1ccc(C[C@H](N)C(=O)O)cc1)c1ccccc1. The van der Waals surface area contributed by atoms with Gasteiger partial charge in [0, 0.05) is 18.2 Å². The van der Waals surface area contributed by atoms with E-state index in [0.717, 1.165) is 16.9 Å². The number of carbonyl (C=O) groups excluding carboxylic acids is 1. The van der Waals surface area contributed by atoms with Crippen molar-refractivity contribution in [3.63, 3.8) is 0 Å².